The number of amides is 1. The number of hydrogen-bond acceptors (Lipinski definition) is 7. The van der Waals surface area contributed by atoms with Gasteiger partial charge in [-0.2, -0.15) is 0 Å². The summed E-state index contributed by atoms with van der Waals surface area (Å²) in [6.45, 7) is 3.79. The van der Waals surface area contributed by atoms with Gasteiger partial charge in [0.1, 0.15) is 0 Å². The minimum Gasteiger partial charge on any atom is -0.490 e. The van der Waals surface area contributed by atoms with Crippen LogP contribution < -0.4 is 14.8 Å². The molecule has 0 aliphatic carbocycles. The number of ether oxygens (including phenoxy) is 3. The normalized spacial score (nSPS) is 15.6. The van der Waals surface area contributed by atoms with E-state index in [1.165, 1.54) is 0 Å². The van der Waals surface area contributed by atoms with Crippen molar-refractivity contribution in [1.82, 2.24) is 5.32 Å². The van der Waals surface area contributed by atoms with Crippen molar-refractivity contribution in [1.29, 1.82) is 0 Å². The Morgan fingerprint density at radius 3 is 2.64 bits per heavy atom. The molecule has 7 nitrogen and oxygen atoms in total. The van der Waals surface area contributed by atoms with Gasteiger partial charge in [-0.25, -0.2) is 9.79 Å². The molecule has 1 saturated heterocycles. The maximum atomic E-state index is 12.5. The SMILES string of the molecule is CCOC(=O)COc1c(Cl)cc(/C=C2/SC(=Nc3cccc(Cl)c3Cl)NC2=O)cc1OCC. The smallest absolute Gasteiger partial charge is 0.344 e. The monoisotopic (exact) mass is 528 g/mol. The summed E-state index contributed by atoms with van der Waals surface area (Å²) in [4.78, 5) is 28.8. The number of thioether (sulfide) groups is 1. The number of aliphatic imine (C=N–C) groups is 1. The fourth-order valence-corrected chi connectivity index (χ4v) is 4.17. The summed E-state index contributed by atoms with van der Waals surface area (Å²) in [5.74, 6) is -0.291. The van der Waals surface area contributed by atoms with Gasteiger partial charge in [0.2, 0.25) is 0 Å². The van der Waals surface area contributed by atoms with E-state index in [4.69, 9.17) is 49.0 Å². The third-order valence-electron chi connectivity index (χ3n) is 4.07. The summed E-state index contributed by atoms with van der Waals surface area (Å²) in [6.07, 6.45) is 1.64. The number of halogens is 3. The van der Waals surface area contributed by atoms with Crippen LogP contribution in [0.4, 0.5) is 5.69 Å². The zero-order valence-corrected chi connectivity index (χ0v) is 20.7. The van der Waals surface area contributed by atoms with E-state index in [1.54, 1.807) is 50.3 Å². The highest BCUT2D eigenvalue weighted by molar-refractivity contribution is 8.18. The summed E-state index contributed by atoms with van der Waals surface area (Å²) in [7, 11) is 0. The lowest BCUT2D eigenvalue weighted by Crippen LogP contribution is -2.19. The quantitative estimate of drug-likeness (QED) is 0.339. The second-order valence-electron chi connectivity index (χ2n) is 6.41. The number of nitrogens with one attached hydrogen (secondary N) is 1. The van der Waals surface area contributed by atoms with Gasteiger partial charge in [0.05, 0.1) is 38.9 Å². The molecule has 0 atom stereocenters. The average Bonchev–Trinajstić information content (AvgIpc) is 3.10. The molecule has 3 rings (SSSR count). The molecule has 0 spiro atoms. The molecule has 1 fully saturated rings. The molecule has 174 valence electrons. The molecule has 1 heterocycles. The molecule has 11 heteroatoms. The van der Waals surface area contributed by atoms with E-state index in [-0.39, 0.29) is 29.9 Å². The van der Waals surface area contributed by atoms with Crippen molar-refractivity contribution >= 4 is 75.4 Å². The Labute approximate surface area is 210 Å². The number of nitrogens with zero attached hydrogens (tertiary/aromatic N) is 1. The maximum absolute atomic E-state index is 12.5. The van der Waals surface area contributed by atoms with E-state index in [0.717, 1.165) is 11.8 Å². The maximum Gasteiger partial charge on any atom is 0.344 e. The highest BCUT2D eigenvalue weighted by atomic mass is 35.5. The van der Waals surface area contributed by atoms with Crippen LogP contribution in [-0.2, 0) is 14.3 Å². The summed E-state index contributed by atoms with van der Waals surface area (Å²) < 4.78 is 16.0. The molecule has 2 aromatic carbocycles. The van der Waals surface area contributed by atoms with Crippen molar-refractivity contribution < 1.29 is 23.8 Å². The number of rotatable bonds is 8. The van der Waals surface area contributed by atoms with Gasteiger partial charge in [0.25, 0.3) is 5.91 Å². The molecule has 1 aliphatic rings. The van der Waals surface area contributed by atoms with Crippen molar-refractivity contribution in [2.45, 2.75) is 13.8 Å². The van der Waals surface area contributed by atoms with Crippen LogP contribution in [0.25, 0.3) is 6.08 Å². The number of esters is 1. The number of carbonyl (C=O) groups is 2. The minimum absolute atomic E-state index is 0.218. The fraction of sp³-hybridized carbons (Fsp3) is 0.227. The number of hydrogen-bond donors (Lipinski definition) is 1. The van der Waals surface area contributed by atoms with Crippen LogP contribution in [0.5, 0.6) is 11.5 Å². The predicted molar refractivity (Wildman–Crippen MR) is 132 cm³/mol. The van der Waals surface area contributed by atoms with Crippen LogP contribution in [0, 0.1) is 0 Å². The van der Waals surface area contributed by atoms with Gasteiger partial charge in [-0.3, -0.25) is 4.79 Å². The molecule has 0 radical (unpaired) electrons. The Hall–Kier alpha value is -2.39. The van der Waals surface area contributed by atoms with Gasteiger partial charge in [0.15, 0.2) is 23.3 Å². The second kappa shape index (κ2) is 11.7. The Bertz CT molecular complexity index is 1140. The van der Waals surface area contributed by atoms with Crippen LogP contribution >= 0.6 is 46.6 Å². The first-order chi connectivity index (χ1) is 15.8. The topological polar surface area (TPSA) is 86.2 Å². The van der Waals surface area contributed by atoms with Gasteiger partial charge in [0, 0.05) is 0 Å². The first-order valence-corrected chi connectivity index (χ1v) is 11.8. The summed E-state index contributed by atoms with van der Waals surface area (Å²) >= 11 is 19.7. The third kappa shape index (κ3) is 6.57. The highest BCUT2D eigenvalue weighted by Gasteiger charge is 2.25. The van der Waals surface area contributed by atoms with Crippen LogP contribution in [0.3, 0.4) is 0 Å². The van der Waals surface area contributed by atoms with Crippen LogP contribution in [-0.4, -0.2) is 36.9 Å². The largest absolute Gasteiger partial charge is 0.490 e. The molecule has 2 aromatic rings. The molecule has 1 amide bonds. The Morgan fingerprint density at radius 2 is 1.91 bits per heavy atom. The molecule has 1 aliphatic heterocycles. The van der Waals surface area contributed by atoms with Gasteiger partial charge in [-0.05, 0) is 61.5 Å². The van der Waals surface area contributed by atoms with E-state index >= 15 is 0 Å². The zero-order valence-electron chi connectivity index (χ0n) is 17.6. The van der Waals surface area contributed by atoms with Gasteiger partial charge in [-0.1, -0.05) is 40.9 Å². The van der Waals surface area contributed by atoms with Crippen molar-refractivity contribution in [3.05, 3.63) is 55.9 Å². The Balaban J connectivity index is 1.84. The summed E-state index contributed by atoms with van der Waals surface area (Å²) in [5.41, 5.74) is 1.05. The van der Waals surface area contributed by atoms with Crippen LogP contribution in [0.1, 0.15) is 19.4 Å². The molecule has 0 saturated carbocycles. The minimum atomic E-state index is -0.521. The van der Waals surface area contributed by atoms with Gasteiger partial charge < -0.3 is 19.5 Å². The number of amidine groups is 1. The second-order valence-corrected chi connectivity index (χ2v) is 8.63. The average molecular weight is 530 g/mol. The van der Waals surface area contributed by atoms with Crippen molar-refractivity contribution in [2.24, 2.45) is 4.99 Å². The fourth-order valence-electron chi connectivity index (χ4n) is 2.73. The molecule has 0 unspecified atom stereocenters. The van der Waals surface area contributed by atoms with E-state index in [2.05, 4.69) is 10.3 Å². The lowest BCUT2D eigenvalue weighted by Gasteiger charge is -2.14. The van der Waals surface area contributed by atoms with Crippen molar-refractivity contribution in [2.75, 3.05) is 19.8 Å². The van der Waals surface area contributed by atoms with Crippen molar-refractivity contribution in [3.63, 3.8) is 0 Å². The first kappa shape index (κ1) is 25.2. The number of benzene rings is 2. The van der Waals surface area contributed by atoms with E-state index < -0.39 is 5.97 Å². The Morgan fingerprint density at radius 1 is 1.12 bits per heavy atom. The van der Waals surface area contributed by atoms with Crippen molar-refractivity contribution in [3.8, 4) is 11.5 Å². The molecule has 1 N–H and O–H groups in total. The van der Waals surface area contributed by atoms with E-state index in [0.29, 0.717) is 43.7 Å². The summed E-state index contributed by atoms with van der Waals surface area (Å²) in [6, 6.07) is 8.33. The molecular weight excluding hydrogens is 511 g/mol. The predicted octanol–water partition coefficient (Wildman–Crippen LogP) is 5.88. The molecule has 33 heavy (non-hydrogen) atoms. The third-order valence-corrected chi connectivity index (χ3v) is 6.07. The van der Waals surface area contributed by atoms with E-state index in [1.807, 2.05) is 0 Å². The van der Waals surface area contributed by atoms with Gasteiger partial charge in [-0.15, -0.1) is 0 Å². The zero-order chi connectivity index (χ0) is 24.0. The first-order valence-electron chi connectivity index (χ1n) is 9.80. The standard InChI is InChI=1S/C22H19Cl3N2O5S/c1-3-30-16-9-12(8-14(24)20(16)32-11-18(28)31-4-2)10-17-21(29)27-22(33-17)26-15-7-5-6-13(23)19(15)25/h5-10H,3-4,11H2,1-2H3,(H,26,27,29)/b17-10+. The Kier molecular flexibility index (Phi) is 8.91. The van der Waals surface area contributed by atoms with Gasteiger partial charge >= 0.3 is 5.97 Å². The highest BCUT2D eigenvalue weighted by Crippen LogP contribution is 2.39. The van der Waals surface area contributed by atoms with Crippen LogP contribution in [0.15, 0.2) is 40.2 Å². The molecular formula is C22H19Cl3N2O5S. The number of carbonyl (C=O) groups excluding carboxylic acids is 2. The summed E-state index contributed by atoms with van der Waals surface area (Å²) in [5, 5.41) is 3.94. The van der Waals surface area contributed by atoms with Crippen LogP contribution in [0.2, 0.25) is 15.1 Å². The lowest BCUT2D eigenvalue weighted by atomic mass is 10.2. The van der Waals surface area contributed by atoms with E-state index in [9.17, 15) is 9.59 Å². The molecule has 0 aromatic heterocycles. The molecule has 0 bridgehead atoms. The lowest BCUT2D eigenvalue weighted by molar-refractivity contribution is -0.145.